The maximum atomic E-state index is 13.3. The summed E-state index contributed by atoms with van der Waals surface area (Å²) in [5, 5.41) is 10.6. The van der Waals surface area contributed by atoms with Crippen LogP contribution >= 0.6 is 15.9 Å². The summed E-state index contributed by atoms with van der Waals surface area (Å²) >= 11 is 3.33. The predicted octanol–water partition coefficient (Wildman–Crippen LogP) is 5.59. The van der Waals surface area contributed by atoms with Crippen LogP contribution in [-0.2, 0) is 17.8 Å². The average molecular weight is 521 g/mol. The number of carbonyl (C=O) groups is 2. The van der Waals surface area contributed by atoms with Gasteiger partial charge in [-0.05, 0) is 64.2 Å². The molecule has 0 bridgehead atoms. The third-order valence-electron chi connectivity index (χ3n) is 5.84. The first-order valence-electron chi connectivity index (χ1n) is 11.0. The Morgan fingerprint density at radius 1 is 1.00 bits per heavy atom. The number of para-hydroxylation sites is 2. The van der Waals surface area contributed by atoms with Crippen LogP contribution in [0, 0.1) is 6.92 Å². The van der Waals surface area contributed by atoms with Gasteiger partial charge >= 0.3 is 5.97 Å². The molecule has 2 N–H and O–H groups in total. The summed E-state index contributed by atoms with van der Waals surface area (Å²) in [6, 6.07) is 20.8. The highest BCUT2D eigenvalue weighted by Crippen LogP contribution is 2.29. The summed E-state index contributed by atoms with van der Waals surface area (Å²) in [4.78, 5) is 29.9. The van der Waals surface area contributed by atoms with E-state index < -0.39 is 5.97 Å². The lowest BCUT2D eigenvalue weighted by Gasteiger charge is -2.24. The van der Waals surface area contributed by atoms with Gasteiger partial charge in [0, 0.05) is 30.2 Å². The van der Waals surface area contributed by atoms with Crippen molar-refractivity contribution in [2.24, 2.45) is 0 Å². The summed E-state index contributed by atoms with van der Waals surface area (Å²) in [7, 11) is 0. The smallest absolute Gasteiger partial charge is 0.339 e. The molecule has 0 aliphatic heterocycles. The van der Waals surface area contributed by atoms with Gasteiger partial charge in [-0.25, -0.2) is 4.79 Å². The van der Waals surface area contributed by atoms with E-state index in [0.29, 0.717) is 24.0 Å². The number of H-pyrrole nitrogens is 1. The first-order valence-corrected chi connectivity index (χ1v) is 11.7. The molecule has 0 saturated carbocycles. The van der Waals surface area contributed by atoms with E-state index in [9.17, 15) is 14.7 Å². The van der Waals surface area contributed by atoms with Crippen molar-refractivity contribution in [3.8, 4) is 5.75 Å². The van der Waals surface area contributed by atoms with Crippen LogP contribution in [0.25, 0.3) is 10.9 Å². The Labute approximate surface area is 206 Å². The van der Waals surface area contributed by atoms with Gasteiger partial charge in [-0.15, -0.1) is 0 Å². The number of aromatic amines is 1. The minimum atomic E-state index is -1.11. The zero-order valence-corrected chi connectivity index (χ0v) is 20.3. The highest BCUT2D eigenvalue weighted by Gasteiger charge is 2.20. The lowest BCUT2D eigenvalue weighted by molar-refractivity contribution is -0.134. The number of hydrogen-bond donors (Lipinski definition) is 2. The first kappa shape index (κ1) is 23.6. The van der Waals surface area contributed by atoms with E-state index in [1.165, 1.54) is 6.07 Å². The summed E-state index contributed by atoms with van der Waals surface area (Å²) < 4.78 is 6.21. The third kappa shape index (κ3) is 5.31. The van der Waals surface area contributed by atoms with Crippen molar-refractivity contribution < 1.29 is 19.4 Å². The number of amides is 1. The minimum Gasteiger partial charge on any atom is -0.482 e. The number of hydrogen-bond acceptors (Lipinski definition) is 3. The molecule has 0 atom stereocenters. The van der Waals surface area contributed by atoms with E-state index in [4.69, 9.17) is 4.74 Å². The van der Waals surface area contributed by atoms with E-state index in [2.05, 4.69) is 27.0 Å². The predicted molar refractivity (Wildman–Crippen MR) is 135 cm³/mol. The normalized spacial score (nSPS) is 10.9. The topological polar surface area (TPSA) is 82.6 Å². The summed E-state index contributed by atoms with van der Waals surface area (Å²) in [6.45, 7) is 2.70. The van der Waals surface area contributed by atoms with Crippen LogP contribution in [0.5, 0.6) is 5.75 Å². The van der Waals surface area contributed by atoms with Crippen molar-refractivity contribution in [1.29, 1.82) is 0 Å². The summed E-state index contributed by atoms with van der Waals surface area (Å²) in [5.74, 6) is -1.18. The van der Waals surface area contributed by atoms with Crippen molar-refractivity contribution in [2.45, 2.75) is 19.9 Å². The van der Waals surface area contributed by atoms with Gasteiger partial charge < -0.3 is 19.7 Å². The van der Waals surface area contributed by atoms with Crippen LogP contribution in [0.1, 0.15) is 27.0 Å². The maximum Gasteiger partial charge on any atom is 0.339 e. The largest absolute Gasteiger partial charge is 0.482 e. The number of aromatic nitrogens is 1. The number of benzene rings is 3. The maximum absolute atomic E-state index is 13.3. The van der Waals surface area contributed by atoms with Gasteiger partial charge in [0.2, 0.25) is 0 Å². The quantitative estimate of drug-likeness (QED) is 0.301. The van der Waals surface area contributed by atoms with Gasteiger partial charge in [-0.3, -0.25) is 4.79 Å². The van der Waals surface area contributed by atoms with Crippen molar-refractivity contribution in [3.05, 3.63) is 99.7 Å². The van der Waals surface area contributed by atoms with E-state index >= 15 is 0 Å². The first-order chi connectivity index (χ1) is 16.4. The lowest BCUT2D eigenvalue weighted by atomic mass is 10.1. The number of aromatic carboxylic acids is 1. The van der Waals surface area contributed by atoms with Gasteiger partial charge in [-0.1, -0.05) is 48.5 Å². The van der Waals surface area contributed by atoms with Crippen molar-refractivity contribution >= 4 is 38.7 Å². The van der Waals surface area contributed by atoms with E-state index in [1.54, 1.807) is 17.0 Å². The second-order valence-electron chi connectivity index (χ2n) is 8.06. The molecule has 1 aromatic heterocycles. The van der Waals surface area contributed by atoms with Gasteiger partial charge in [0.1, 0.15) is 11.3 Å². The number of rotatable bonds is 9. The second-order valence-corrected chi connectivity index (χ2v) is 8.92. The molecule has 34 heavy (non-hydrogen) atoms. The SMILES string of the molecule is Cc1ccccc1CN(CCc1c[nH]c2ccccc12)C(=O)COc1c(Br)cccc1C(=O)O. The van der Waals surface area contributed by atoms with Crippen molar-refractivity contribution in [3.63, 3.8) is 0 Å². The van der Waals surface area contributed by atoms with Crippen LogP contribution in [-0.4, -0.2) is 40.0 Å². The Kier molecular flexibility index (Phi) is 7.33. The van der Waals surface area contributed by atoms with E-state index in [0.717, 1.165) is 27.6 Å². The molecule has 0 aliphatic carbocycles. The molecule has 0 saturated heterocycles. The van der Waals surface area contributed by atoms with Gasteiger partial charge in [0.15, 0.2) is 6.61 Å². The fraction of sp³-hybridized carbons (Fsp3) is 0.185. The fourth-order valence-corrected chi connectivity index (χ4v) is 4.41. The van der Waals surface area contributed by atoms with Gasteiger partial charge in [-0.2, -0.15) is 0 Å². The number of halogens is 1. The van der Waals surface area contributed by atoms with Crippen molar-refractivity contribution in [2.75, 3.05) is 13.2 Å². The number of nitrogens with zero attached hydrogens (tertiary/aromatic N) is 1. The molecule has 3 aromatic carbocycles. The van der Waals surface area contributed by atoms with Crippen LogP contribution in [0.15, 0.2) is 77.4 Å². The molecular weight excluding hydrogens is 496 g/mol. The molecule has 0 fully saturated rings. The van der Waals surface area contributed by atoms with E-state index in [1.807, 2.05) is 55.6 Å². The number of fused-ring (bicyclic) bond motifs is 1. The summed E-state index contributed by atoms with van der Waals surface area (Å²) in [5.41, 5.74) is 4.37. The molecular formula is C27H25BrN2O4. The highest BCUT2D eigenvalue weighted by molar-refractivity contribution is 9.10. The molecule has 7 heteroatoms. The Bertz CT molecular complexity index is 1330. The molecule has 4 rings (SSSR count). The average Bonchev–Trinajstić information content (AvgIpc) is 3.24. The minimum absolute atomic E-state index is 0.00595. The Morgan fingerprint density at radius 3 is 2.56 bits per heavy atom. The highest BCUT2D eigenvalue weighted by atomic mass is 79.9. The molecule has 0 spiro atoms. The Morgan fingerprint density at radius 2 is 1.76 bits per heavy atom. The standard InChI is InChI=1S/C27H25BrN2O4/c1-18-7-2-3-8-20(18)16-30(14-13-19-15-29-24-12-5-4-9-21(19)24)25(31)17-34-26-22(27(32)33)10-6-11-23(26)28/h2-12,15,29H,13-14,16-17H2,1H3,(H,32,33). The van der Waals surface area contributed by atoms with Gasteiger partial charge in [0.25, 0.3) is 5.91 Å². The molecule has 1 amide bonds. The van der Waals surface area contributed by atoms with E-state index in [-0.39, 0.29) is 23.8 Å². The lowest BCUT2D eigenvalue weighted by Crippen LogP contribution is -2.36. The molecule has 4 aromatic rings. The van der Waals surface area contributed by atoms with Gasteiger partial charge in [0.05, 0.1) is 4.47 Å². The number of carboxylic acids is 1. The fourth-order valence-electron chi connectivity index (χ4n) is 3.93. The number of nitrogens with one attached hydrogen (secondary N) is 1. The van der Waals surface area contributed by atoms with Crippen LogP contribution < -0.4 is 4.74 Å². The Hall–Kier alpha value is -3.58. The second kappa shape index (κ2) is 10.6. The van der Waals surface area contributed by atoms with Crippen molar-refractivity contribution in [1.82, 2.24) is 9.88 Å². The molecule has 0 radical (unpaired) electrons. The monoisotopic (exact) mass is 520 g/mol. The number of carbonyl (C=O) groups excluding carboxylic acids is 1. The number of aryl methyl sites for hydroxylation is 1. The third-order valence-corrected chi connectivity index (χ3v) is 6.46. The molecule has 174 valence electrons. The molecule has 1 heterocycles. The zero-order chi connectivity index (χ0) is 24.1. The Balaban J connectivity index is 1.53. The van der Waals surface area contributed by atoms with Crippen LogP contribution in [0.3, 0.4) is 0 Å². The number of carboxylic acid groups (broad SMARTS) is 1. The molecule has 6 nitrogen and oxygen atoms in total. The van der Waals surface area contributed by atoms with Crippen LogP contribution in [0.4, 0.5) is 0 Å². The zero-order valence-electron chi connectivity index (χ0n) is 18.8. The molecule has 0 aliphatic rings. The number of ether oxygens (including phenoxy) is 1. The summed E-state index contributed by atoms with van der Waals surface area (Å²) in [6.07, 6.45) is 2.66. The van der Waals surface area contributed by atoms with Crippen LogP contribution in [0.2, 0.25) is 0 Å². The molecule has 0 unspecified atom stereocenters.